The van der Waals surface area contributed by atoms with Crippen molar-refractivity contribution in [1.82, 2.24) is 14.7 Å². The third-order valence-electron chi connectivity index (χ3n) is 5.18. The Balaban J connectivity index is 1.36. The number of hydrogen-bond donors (Lipinski definition) is 0. The Morgan fingerprint density at radius 2 is 1.90 bits per heavy atom. The van der Waals surface area contributed by atoms with Crippen LogP contribution < -0.4 is 10.7 Å². The third-order valence-corrected chi connectivity index (χ3v) is 5.18. The molecule has 146 valence electrons. The van der Waals surface area contributed by atoms with E-state index in [0.717, 1.165) is 11.3 Å². The number of amides is 1. The lowest BCUT2D eigenvalue weighted by Crippen LogP contribution is -2.24. The molecule has 1 atom stereocenters. The fourth-order valence-electron chi connectivity index (χ4n) is 3.65. The van der Waals surface area contributed by atoms with Gasteiger partial charge in [0.1, 0.15) is 0 Å². The van der Waals surface area contributed by atoms with Crippen molar-refractivity contribution in [3.8, 4) is 0 Å². The van der Waals surface area contributed by atoms with Gasteiger partial charge < -0.3 is 13.8 Å². The first-order valence-corrected chi connectivity index (χ1v) is 9.36. The highest BCUT2D eigenvalue weighted by molar-refractivity contribution is 5.96. The Morgan fingerprint density at radius 1 is 1.10 bits per heavy atom. The number of aromatic nitrogens is 3. The quantitative estimate of drug-likeness (QED) is 0.532. The van der Waals surface area contributed by atoms with Gasteiger partial charge in [0.15, 0.2) is 11.4 Å². The summed E-state index contributed by atoms with van der Waals surface area (Å²) in [5, 5.41) is 4.00. The molecule has 8 heteroatoms. The molecule has 0 spiro atoms. The van der Waals surface area contributed by atoms with E-state index >= 15 is 0 Å². The van der Waals surface area contributed by atoms with Gasteiger partial charge in [-0.2, -0.15) is 4.98 Å². The molecule has 0 saturated carbocycles. The van der Waals surface area contributed by atoms with Gasteiger partial charge in [0.05, 0.1) is 18.0 Å². The largest absolute Gasteiger partial charge is 0.420 e. The summed E-state index contributed by atoms with van der Waals surface area (Å²) in [7, 11) is 0. The highest BCUT2D eigenvalue weighted by Crippen LogP contribution is 2.31. The van der Waals surface area contributed by atoms with Gasteiger partial charge in [-0.15, -0.1) is 0 Å². The van der Waals surface area contributed by atoms with Gasteiger partial charge in [0, 0.05) is 18.7 Å². The van der Waals surface area contributed by atoms with E-state index in [1.165, 1.54) is 4.57 Å². The molecular weight excluding hydrogens is 372 g/mol. The number of anilines is 1. The Labute approximate surface area is 165 Å². The van der Waals surface area contributed by atoms with Gasteiger partial charge in [-0.3, -0.25) is 9.36 Å². The van der Waals surface area contributed by atoms with E-state index in [1.54, 1.807) is 23.1 Å². The molecule has 29 heavy (non-hydrogen) atoms. The van der Waals surface area contributed by atoms with Crippen LogP contribution in [0.15, 0.2) is 62.3 Å². The van der Waals surface area contributed by atoms with Crippen LogP contribution in [0, 0.1) is 6.92 Å². The Kier molecular flexibility index (Phi) is 4.04. The minimum Gasteiger partial charge on any atom is -0.408 e. The molecule has 1 amide bonds. The summed E-state index contributed by atoms with van der Waals surface area (Å²) in [5.74, 6) is 0.149. The minimum absolute atomic E-state index is 0.0238. The average molecular weight is 390 g/mol. The summed E-state index contributed by atoms with van der Waals surface area (Å²) in [6.07, 6.45) is 0.310. The van der Waals surface area contributed by atoms with Crippen molar-refractivity contribution in [3.05, 3.63) is 76.4 Å². The van der Waals surface area contributed by atoms with Gasteiger partial charge in [-0.25, -0.2) is 4.79 Å². The summed E-state index contributed by atoms with van der Waals surface area (Å²) in [6, 6.07) is 15.0. The molecule has 0 unspecified atom stereocenters. The van der Waals surface area contributed by atoms with E-state index in [1.807, 2.05) is 37.3 Å². The van der Waals surface area contributed by atoms with Crippen LogP contribution in [-0.2, 0) is 11.3 Å². The molecule has 1 fully saturated rings. The SMILES string of the molecule is Cc1ccc(N2C[C@@H](c3nc(Cn4c(=O)oc5ccccc54)no3)CC2=O)cc1. The van der Waals surface area contributed by atoms with Crippen molar-refractivity contribution in [2.45, 2.75) is 25.8 Å². The predicted molar refractivity (Wildman–Crippen MR) is 105 cm³/mol. The number of rotatable bonds is 4. The number of benzene rings is 2. The first-order chi connectivity index (χ1) is 14.1. The van der Waals surface area contributed by atoms with Crippen LogP contribution in [0.4, 0.5) is 5.69 Å². The summed E-state index contributed by atoms with van der Waals surface area (Å²) in [5.41, 5.74) is 3.18. The first kappa shape index (κ1) is 17.4. The number of carbonyl (C=O) groups is 1. The Hall–Kier alpha value is -3.68. The molecule has 1 saturated heterocycles. The zero-order chi connectivity index (χ0) is 20.0. The summed E-state index contributed by atoms with van der Waals surface area (Å²) in [4.78, 5) is 30.8. The van der Waals surface area contributed by atoms with Crippen molar-refractivity contribution in [2.75, 3.05) is 11.4 Å². The highest BCUT2D eigenvalue weighted by Gasteiger charge is 2.35. The summed E-state index contributed by atoms with van der Waals surface area (Å²) in [6.45, 7) is 2.63. The second-order valence-electron chi connectivity index (χ2n) is 7.21. The number of nitrogens with zero attached hydrogens (tertiary/aromatic N) is 4. The number of para-hydroxylation sites is 2. The fraction of sp³-hybridized carbons (Fsp3) is 0.238. The van der Waals surface area contributed by atoms with Crippen molar-refractivity contribution >= 4 is 22.7 Å². The molecule has 0 bridgehead atoms. The highest BCUT2D eigenvalue weighted by atomic mass is 16.5. The van der Waals surface area contributed by atoms with Crippen LogP contribution in [0.2, 0.25) is 0 Å². The van der Waals surface area contributed by atoms with Crippen LogP contribution in [0.5, 0.6) is 0 Å². The topological polar surface area (TPSA) is 94.4 Å². The van der Waals surface area contributed by atoms with Gasteiger partial charge >= 0.3 is 5.76 Å². The van der Waals surface area contributed by atoms with Crippen LogP contribution in [0.25, 0.3) is 11.1 Å². The molecule has 1 aliphatic heterocycles. The van der Waals surface area contributed by atoms with E-state index in [9.17, 15) is 9.59 Å². The van der Waals surface area contributed by atoms with Gasteiger partial charge in [-0.05, 0) is 31.2 Å². The maximum Gasteiger partial charge on any atom is 0.420 e. The van der Waals surface area contributed by atoms with E-state index in [-0.39, 0.29) is 18.4 Å². The van der Waals surface area contributed by atoms with E-state index in [2.05, 4.69) is 10.1 Å². The van der Waals surface area contributed by atoms with Crippen LogP contribution in [0.1, 0.15) is 29.6 Å². The van der Waals surface area contributed by atoms with Gasteiger partial charge in [-0.1, -0.05) is 35.0 Å². The van der Waals surface area contributed by atoms with Gasteiger partial charge in [0.25, 0.3) is 0 Å². The van der Waals surface area contributed by atoms with Crippen molar-refractivity contribution in [3.63, 3.8) is 0 Å². The zero-order valence-corrected chi connectivity index (χ0v) is 15.7. The van der Waals surface area contributed by atoms with E-state index in [4.69, 9.17) is 8.94 Å². The molecule has 1 aliphatic rings. The van der Waals surface area contributed by atoms with Crippen LogP contribution in [-0.4, -0.2) is 27.2 Å². The molecule has 0 N–H and O–H groups in total. The lowest BCUT2D eigenvalue weighted by molar-refractivity contribution is -0.117. The lowest BCUT2D eigenvalue weighted by Gasteiger charge is -2.16. The smallest absolute Gasteiger partial charge is 0.408 e. The Bertz CT molecular complexity index is 1250. The molecule has 2 aromatic heterocycles. The minimum atomic E-state index is -0.473. The number of carbonyl (C=O) groups excluding carboxylic acids is 1. The predicted octanol–water partition coefficient (Wildman–Crippen LogP) is 2.85. The maximum atomic E-state index is 12.5. The molecule has 5 rings (SSSR count). The standard InChI is InChI=1S/C21H18N4O4/c1-13-6-8-15(9-7-13)24-11-14(10-19(24)26)20-22-18(23-29-20)12-25-16-4-2-3-5-17(16)28-21(25)27/h2-9,14H,10-12H2,1H3/t14-/m0/s1. The zero-order valence-electron chi connectivity index (χ0n) is 15.7. The number of hydrogen-bond acceptors (Lipinski definition) is 6. The summed E-state index contributed by atoms with van der Waals surface area (Å²) >= 11 is 0. The number of aryl methyl sites for hydroxylation is 1. The van der Waals surface area contributed by atoms with Crippen molar-refractivity contribution in [2.24, 2.45) is 0 Å². The van der Waals surface area contributed by atoms with Crippen LogP contribution >= 0.6 is 0 Å². The first-order valence-electron chi connectivity index (χ1n) is 9.36. The number of oxazole rings is 1. The van der Waals surface area contributed by atoms with E-state index in [0.29, 0.717) is 35.8 Å². The normalized spacial score (nSPS) is 16.8. The molecule has 8 nitrogen and oxygen atoms in total. The molecule has 0 radical (unpaired) electrons. The van der Waals surface area contributed by atoms with Crippen LogP contribution in [0.3, 0.4) is 0 Å². The second kappa shape index (κ2) is 6.73. The maximum absolute atomic E-state index is 12.5. The third kappa shape index (κ3) is 3.12. The Morgan fingerprint density at radius 3 is 2.72 bits per heavy atom. The molecule has 4 aromatic rings. The molecule has 3 heterocycles. The van der Waals surface area contributed by atoms with Crippen molar-refractivity contribution < 1.29 is 13.7 Å². The summed E-state index contributed by atoms with van der Waals surface area (Å²) < 4.78 is 12.1. The fourth-order valence-corrected chi connectivity index (χ4v) is 3.65. The molecular formula is C21H18N4O4. The van der Waals surface area contributed by atoms with Gasteiger partial charge in [0.2, 0.25) is 11.8 Å². The number of fused-ring (bicyclic) bond motifs is 1. The molecule has 2 aromatic carbocycles. The lowest BCUT2D eigenvalue weighted by atomic mass is 10.1. The second-order valence-corrected chi connectivity index (χ2v) is 7.21. The van der Waals surface area contributed by atoms with E-state index < -0.39 is 5.76 Å². The monoisotopic (exact) mass is 390 g/mol. The molecule has 0 aliphatic carbocycles. The van der Waals surface area contributed by atoms with Crippen molar-refractivity contribution in [1.29, 1.82) is 0 Å². The average Bonchev–Trinajstić information content (AvgIpc) is 3.41.